The molecule has 0 radical (unpaired) electrons. The van der Waals surface area contributed by atoms with E-state index in [0.29, 0.717) is 5.56 Å². The highest BCUT2D eigenvalue weighted by Gasteiger charge is 2.32. The lowest BCUT2D eigenvalue weighted by Crippen LogP contribution is -2.17. The smallest absolute Gasteiger partial charge is 0.384 e. The highest BCUT2D eigenvalue weighted by Crippen LogP contribution is 2.30. The van der Waals surface area contributed by atoms with Gasteiger partial charge in [0.1, 0.15) is 5.84 Å². The molecule has 21 heavy (non-hydrogen) atoms. The van der Waals surface area contributed by atoms with Crippen molar-refractivity contribution in [2.24, 2.45) is 5.73 Å². The number of nitrogens with one attached hydrogen (secondary N) is 1. The molecule has 0 fully saturated rings. The van der Waals surface area contributed by atoms with E-state index in [1.165, 1.54) is 0 Å². The standard InChI is InChI=1S/C13H12F3N5/c14-13(15,16)8-5-19-21(6-8)12-9(11(17)18)4-7-2-1-3-10(7)20-12/h4-6H,1-3H2,(H3,17,18). The summed E-state index contributed by atoms with van der Waals surface area (Å²) in [5.74, 6) is -0.0742. The Morgan fingerprint density at radius 2 is 2.10 bits per heavy atom. The molecule has 0 saturated carbocycles. The quantitative estimate of drug-likeness (QED) is 0.657. The lowest BCUT2D eigenvalue weighted by molar-refractivity contribution is -0.137. The van der Waals surface area contributed by atoms with Gasteiger partial charge < -0.3 is 5.73 Å². The molecule has 0 aliphatic heterocycles. The molecule has 110 valence electrons. The SMILES string of the molecule is N=C(N)c1cc2c(nc1-n1cc(C(F)(F)F)cn1)CCC2. The summed E-state index contributed by atoms with van der Waals surface area (Å²) in [7, 11) is 0. The molecule has 8 heteroatoms. The van der Waals surface area contributed by atoms with Crippen molar-refractivity contribution in [2.45, 2.75) is 25.4 Å². The molecule has 5 nitrogen and oxygen atoms in total. The largest absolute Gasteiger partial charge is 0.419 e. The van der Waals surface area contributed by atoms with E-state index in [-0.39, 0.29) is 11.7 Å². The minimum Gasteiger partial charge on any atom is -0.384 e. The molecule has 3 N–H and O–H groups in total. The predicted molar refractivity (Wildman–Crippen MR) is 69.4 cm³/mol. The molecule has 0 bridgehead atoms. The van der Waals surface area contributed by atoms with E-state index in [2.05, 4.69) is 10.1 Å². The lowest BCUT2D eigenvalue weighted by Gasteiger charge is -2.10. The maximum Gasteiger partial charge on any atom is 0.419 e. The third kappa shape index (κ3) is 2.37. The average Bonchev–Trinajstić information content (AvgIpc) is 3.05. The Balaban J connectivity index is 2.13. The third-order valence-electron chi connectivity index (χ3n) is 3.45. The van der Waals surface area contributed by atoms with Crippen LogP contribution in [0.4, 0.5) is 13.2 Å². The molecule has 0 amide bonds. The van der Waals surface area contributed by atoms with Crippen LogP contribution < -0.4 is 5.73 Å². The van der Waals surface area contributed by atoms with Crippen LogP contribution in [0, 0.1) is 5.41 Å². The van der Waals surface area contributed by atoms with Crippen LogP contribution in [-0.2, 0) is 19.0 Å². The van der Waals surface area contributed by atoms with Crippen molar-refractivity contribution < 1.29 is 13.2 Å². The zero-order valence-electron chi connectivity index (χ0n) is 10.9. The summed E-state index contributed by atoms with van der Waals surface area (Å²) < 4.78 is 39.0. The summed E-state index contributed by atoms with van der Waals surface area (Å²) in [4.78, 5) is 4.35. The molecule has 2 heterocycles. The molecule has 0 aromatic carbocycles. The van der Waals surface area contributed by atoms with E-state index in [4.69, 9.17) is 11.1 Å². The second kappa shape index (κ2) is 4.57. The average molecular weight is 295 g/mol. The summed E-state index contributed by atoms with van der Waals surface area (Å²) in [5, 5.41) is 11.3. The Bertz CT molecular complexity index is 717. The Hall–Kier alpha value is -2.38. The van der Waals surface area contributed by atoms with Crippen LogP contribution in [0.3, 0.4) is 0 Å². The number of rotatable bonds is 2. The molecular weight excluding hydrogens is 283 g/mol. The number of fused-ring (bicyclic) bond motifs is 1. The highest BCUT2D eigenvalue weighted by atomic mass is 19.4. The first-order valence-electron chi connectivity index (χ1n) is 6.35. The summed E-state index contributed by atoms with van der Waals surface area (Å²) in [6, 6.07) is 1.72. The van der Waals surface area contributed by atoms with Gasteiger partial charge in [-0.05, 0) is 30.9 Å². The fraction of sp³-hybridized carbons (Fsp3) is 0.308. The molecule has 2 aromatic heterocycles. The van der Waals surface area contributed by atoms with Gasteiger partial charge in [-0.15, -0.1) is 0 Å². The van der Waals surface area contributed by atoms with Crippen LogP contribution in [0.1, 0.15) is 28.8 Å². The molecule has 2 aromatic rings. The monoisotopic (exact) mass is 295 g/mol. The van der Waals surface area contributed by atoms with E-state index in [0.717, 1.165) is 47.6 Å². The summed E-state index contributed by atoms with van der Waals surface area (Å²) in [5.41, 5.74) is 6.78. The van der Waals surface area contributed by atoms with Gasteiger partial charge in [-0.1, -0.05) is 0 Å². The Morgan fingerprint density at radius 1 is 1.33 bits per heavy atom. The normalized spacial score (nSPS) is 14.2. The third-order valence-corrected chi connectivity index (χ3v) is 3.45. The van der Waals surface area contributed by atoms with Crippen LogP contribution in [0.25, 0.3) is 5.82 Å². The minimum atomic E-state index is -4.47. The first-order chi connectivity index (χ1) is 9.86. The van der Waals surface area contributed by atoms with E-state index < -0.39 is 11.7 Å². The van der Waals surface area contributed by atoms with Crippen molar-refractivity contribution in [3.63, 3.8) is 0 Å². The second-order valence-electron chi connectivity index (χ2n) is 4.90. The van der Waals surface area contributed by atoms with Crippen molar-refractivity contribution >= 4 is 5.84 Å². The number of nitrogen functional groups attached to an aromatic ring is 1. The number of hydrogen-bond donors (Lipinski definition) is 2. The fourth-order valence-electron chi connectivity index (χ4n) is 2.42. The summed E-state index contributed by atoms with van der Waals surface area (Å²) in [6.07, 6.45) is -0.319. The van der Waals surface area contributed by atoms with Gasteiger partial charge in [0.2, 0.25) is 0 Å². The number of aryl methyl sites for hydroxylation is 2. The minimum absolute atomic E-state index is 0.165. The molecule has 1 aliphatic rings. The number of nitrogens with two attached hydrogens (primary N) is 1. The predicted octanol–water partition coefficient (Wildman–Crippen LogP) is 2.06. The zero-order chi connectivity index (χ0) is 15.2. The van der Waals surface area contributed by atoms with Gasteiger partial charge in [0.05, 0.1) is 17.3 Å². The van der Waals surface area contributed by atoms with Crippen LogP contribution in [0.2, 0.25) is 0 Å². The van der Waals surface area contributed by atoms with Crippen LogP contribution >= 0.6 is 0 Å². The van der Waals surface area contributed by atoms with Crippen molar-refractivity contribution in [3.8, 4) is 5.82 Å². The van der Waals surface area contributed by atoms with Crippen LogP contribution in [0.15, 0.2) is 18.5 Å². The Labute approximate surface area is 118 Å². The number of halogens is 3. The summed E-state index contributed by atoms with van der Waals surface area (Å²) in [6.45, 7) is 0. The number of hydrogen-bond acceptors (Lipinski definition) is 3. The second-order valence-corrected chi connectivity index (χ2v) is 4.90. The van der Waals surface area contributed by atoms with Gasteiger partial charge in [-0.25, -0.2) is 9.67 Å². The van der Waals surface area contributed by atoms with Crippen molar-refractivity contribution in [1.29, 1.82) is 5.41 Å². The van der Waals surface area contributed by atoms with Gasteiger partial charge in [0.25, 0.3) is 0 Å². The van der Waals surface area contributed by atoms with E-state index in [1.54, 1.807) is 6.07 Å². The van der Waals surface area contributed by atoms with Gasteiger partial charge in [-0.2, -0.15) is 18.3 Å². The van der Waals surface area contributed by atoms with Crippen molar-refractivity contribution in [2.75, 3.05) is 0 Å². The van der Waals surface area contributed by atoms with Crippen molar-refractivity contribution in [1.82, 2.24) is 14.8 Å². The van der Waals surface area contributed by atoms with Gasteiger partial charge in [0, 0.05) is 11.9 Å². The van der Waals surface area contributed by atoms with Crippen molar-refractivity contribution in [3.05, 3.63) is 40.8 Å². The maximum absolute atomic E-state index is 12.7. The zero-order valence-corrected chi connectivity index (χ0v) is 10.9. The molecule has 1 aliphatic carbocycles. The van der Waals surface area contributed by atoms with Gasteiger partial charge in [0.15, 0.2) is 5.82 Å². The van der Waals surface area contributed by atoms with Crippen LogP contribution in [-0.4, -0.2) is 20.6 Å². The molecule has 0 spiro atoms. The maximum atomic E-state index is 12.7. The number of alkyl halides is 3. The van der Waals surface area contributed by atoms with E-state index in [1.807, 2.05) is 0 Å². The van der Waals surface area contributed by atoms with E-state index in [9.17, 15) is 13.2 Å². The molecule has 0 atom stereocenters. The molecule has 3 rings (SSSR count). The van der Waals surface area contributed by atoms with E-state index >= 15 is 0 Å². The number of aromatic nitrogens is 3. The molecule has 0 saturated heterocycles. The fourth-order valence-corrected chi connectivity index (χ4v) is 2.42. The number of pyridine rings is 1. The summed E-state index contributed by atoms with van der Waals surface area (Å²) >= 11 is 0. The van der Waals surface area contributed by atoms with Gasteiger partial charge in [-0.3, -0.25) is 5.41 Å². The topological polar surface area (TPSA) is 80.6 Å². The first kappa shape index (κ1) is 13.6. The Morgan fingerprint density at radius 3 is 2.71 bits per heavy atom. The lowest BCUT2D eigenvalue weighted by atomic mass is 10.1. The number of amidine groups is 1. The molecular formula is C13H12F3N5. The molecule has 0 unspecified atom stereocenters. The highest BCUT2D eigenvalue weighted by molar-refractivity contribution is 5.98. The number of nitrogens with zero attached hydrogens (tertiary/aromatic N) is 3. The Kier molecular flexibility index (Phi) is 2.96. The van der Waals surface area contributed by atoms with Gasteiger partial charge >= 0.3 is 6.18 Å². The first-order valence-corrected chi connectivity index (χ1v) is 6.35. The van der Waals surface area contributed by atoms with Crippen LogP contribution in [0.5, 0.6) is 0 Å².